The van der Waals surface area contributed by atoms with Crippen molar-refractivity contribution < 1.29 is 14.3 Å². The fourth-order valence-electron chi connectivity index (χ4n) is 1.78. The molecule has 0 bridgehead atoms. The van der Waals surface area contributed by atoms with Gasteiger partial charge < -0.3 is 14.8 Å². The minimum atomic E-state index is -0.321. The Morgan fingerprint density at radius 1 is 1.37 bits per heavy atom. The summed E-state index contributed by atoms with van der Waals surface area (Å²) in [5.41, 5.74) is 1.25. The maximum atomic E-state index is 11.4. The summed E-state index contributed by atoms with van der Waals surface area (Å²) in [4.78, 5) is 11.4. The Morgan fingerprint density at radius 3 is 2.68 bits per heavy atom. The summed E-state index contributed by atoms with van der Waals surface area (Å²) in [6.07, 6.45) is 0.578. The zero-order chi connectivity index (χ0) is 14.3. The van der Waals surface area contributed by atoms with E-state index in [-0.39, 0.29) is 12.0 Å². The number of ether oxygens (including phenoxy) is 2. The van der Waals surface area contributed by atoms with Gasteiger partial charge in [-0.05, 0) is 30.7 Å². The molecule has 0 saturated heterocycles. The lowest BCUT2D eigenvalue weighted by atomic mass is 10.0. The molecule has 0 fully saturated rings. The van der Waals surface area contributed by atoms with Crippen molar-refractivity contribution in [3.05, 3.63) is 29.8 Å². The third-order valence-corrected chi connectivity index (χ3v) is 3.03. The van der Waals surface area contributed by atoms with Crippen LogP contribution in [0.25, 0.3) is 0 Å². The number of likely N-dealkylation sites (N-methyl/N-ethyl adjacent to an activating group) is 1. The van der Waals surface area contributed by atoms with Crippen LogP contribution >= 0.6 is 0 Å². The first-order valence-electron chi connectivity index (χ1n) is 6.56. The van der Waals surface area contributed by atoms with Crippen molar-refractivity contribution in [2.45, 2.75) is 32.2 Å². The van der Waals surface area contributed by atoms with Gasteiger partial charge in [0.05, 0.1) is 13.7 Å². The van der Waals surface area contributed by atoms with Gasteiger partial charge in [0, 0.05) is 6.42 Å². The van der Waals surface area contributed by atoms with E-state index in [1.165, 1.54) is 12.7 Å². The van der Waals surface area contributed by atoms with Crippen molar-refractivity contribution in [2.75, 3.05) is 20.8 Å². The Labute approximate surface area is 115 Å². The standard InChI is InChI=1S/C15H23NO3/c1-11(2)12-6-5-7-13(10-12)19-9-8-14(16-3)15(17)18-4/h5-7,10-11,14,16H,8-9H2,1-4H3. The van der Waals surface area contributed by atoms with Gasteiger partial charge >= 0.3 is 5.97 Å². The number of benzene rings is 1. The van der Waals surface area contributed by atoms with Crippen molar-refractivity contribution in [1.29, 1.82) is 0 Å². The maximum Gasteiger partial charge on any atom is 0.322 e. The Balaban J connectivity index is 2.48. The number of nitrogens with one attached hydrogen (secondary N) is 1. The van der Waals surface area contributed by atoms with Crippen molar-refractivity contribution in [3.63, 3.8) is 0 Å². The molecule has 0 radical (unpaired) electrons. The van der Waals surface area contributed by atoms with E-state index in [1.54, 1.807) is 7.05 Å². The van der Waals surface area contributed by atoms with E-state index in [0.29, 0.717) is 18.9 Å². The number of esters is 1. The molecule has 0 amide bonds. The summed E-state index contributed by atoms with van der Waals surface area (Å²) < 4.78 is 10.4. The van der Waals surface area contributed by atoms with Crippen LogP contribution in [0.4, 0.5) is 0 Å². The maximum absolute atomic E-state index is 11.4. The van der Waals surface area contributed by atoms with Crippen LogP contribution in [0.2, 0.25) is 0 Å². The molecular weight excluding hydrogens is 242 g/mol. The molecular formula is C15H23NO3. The van der Waals surface area contributed by atoms with Crippen molar-refractivity contribution in [3.8, 4) is 5.75 Å². The van der Waals surface area contributed by atoms with Gasteiger partial charge in [0.1, 0.15) is 11.8 Å². The van der Waals surface area contributed by atoms with Crippen LogP contribution < -0.4 is 10.1 Å². The number of hydrogen-bond donors (Lipinski definition) is 1. The monoisotopic (exact) mass is 265 g/mol. The van der Waals surface area contributed by atoms with Crippen molar-refractivity contribution in [2.24, 2.45) is 0 Å². The molecule has 1 N–H and O–H groups in total. The summed E-state index contributed by atoms with van der Waals surface area (Å²) in [7, 11) is 3.13. The van der Waals surface area contributed by atoms with Gasteiger partial charge in [-0.3, -0.25) is 4.79 Å². The highest BCUT2D eigenvalue weighted by Crippen LogP contribution is 2.20. The lowest BCUT2D eigenvalue weighted by molar-refractivity contribution is -0.143. The SMILES string of the molecule is CNC(CCOc1cccc(C(C)C)c1)C(=O)OC. The van der Waals surface area contributed by atoms with E-state index in [0.717, 1.165) is 5.75 Å². The largest absolute Gasteiger partial charge is 0.494 e. The lowest BCUT2D eigenvalue weighted by Gasteiger charge is -2.14. The van der Waals surface area contributed by atoms with Gasteiger partial charge in [-0.1, -0.05) is 26.0 Å². The molecule has 0 spiro atoms. The van der Waals surface area contributed by atoms with Gasteiger partial charge in [0.25, 0.3) is 0 Å². The number of methoxy groups -OCH3 is 1. The zero-order valence-corrected chi connectivity index (χ0v) is 12.1. The van der Waals surface area contributed by atoms with Crippen molar-refractivity contribution >= 4 is 5.97 Å². The van der Waals surface area contributed by atoms with Gasteiger partial charge in [-0.25, -0.2) is 0 Å². The normalized spacial score (nSPS) is 12.3. The summed E-state index contributed by atoms with van der Waals surface area (Å²) in [6, 6.07) is 7.72. The van der Waals surface area contributed by atoms with Crippen molar-refractivity contribution in [1.82, 2.24) is 5.32 Å². The van der Waals surface area contributed by atoms with E-state index in [1.807, 2.05) is 18.2 Å². The molecule has 4 heteroatoms. The molecule has 0 saturated carbocycles. The first-order valence-corrected chi connectivity index (χ1v) is 6.56. The average Bonchev–Trinajstić information content (AvgIpc) is 2.43. The molecule has 4 nitrogen and oxygen atoms in total. The van der Waals surface area contributed by atoms with Gasteiger partial charge in [0.15, 0.2) is 0 Å². The topological polar surface area (TPSA) is 47.6 Å². The van der Waals surface area contributed by atoms with E-state index in [4.69, 9.17) is 9.47 Å². The third kappa shape index (κ3) is 4.91. The quantitative estimate of drug-likeness (QED) is 0.769. The predicted octanol–water partition coefficient (Wildman–Crippen LogP) is 2.34. The van der Waals surface area contributed by atoms with Gasteiger partial charge in [-0.2, -0.15) is 0 Å². The van der Waals surface area contributed by atoms with Crippen LogP contribution in [0, 0.1) is 0 Å². The highest BCUT2D eigenvalue weighted by Gasteiger charge is 2.16. The fourth-order valence-corrected chi connectivity index (χ4v) is 1.78. The van der Waals surface area contributed by atoms with Crippen LogP contribution in [0.5, 0.6) is 5.75 Å². The number of hydrogen-bond acceptors (Lipinski definition) is 4. The minimum absolute atomic E-state index is 0.262. The van der Waals surface area contributed by atoms with Crippen LogP contribution in [0.3, 0.4) is 0 Å². The summed E-state index contributed by atoms with van der Waals surface area (Å²) in [6.45, 7) is 4.77. The van der Waals surface area contributed by atoms with Gasteiger partial charge in [-0.15, -0.1) is 0 Å². The molecule has 0 aliphatic rings. The van der Waals surface area contributed by atoms with E-state index in [9.17, 15) is 4.79 Å². The third-order valence-electron chi connectivity index (χ3n) is 3.03. The Bertz CT molecular complexity index is 404. The molecule has 1 unspecified atom stereocenters. The van der Waals surface area contributed by atoms with Crippen LogP contribution in [-0.4, -0.2) is 32.8 Å². The molecule has 1 aromatic rings. The molecule has 1 rings (SSSR count). The predicted molar refractivity (Wildman–Crippen MR) is 75.5 cm³/mol. The second-order valence-corrected chi connectivity index (χ2v) is 4.73. The summed E-state index contributed by atoms with van der Waals surface area (Å²) in [5, 5.41) is 2.91. The second-order valence-electron chi connectivity index (χ2n) is 4.73. The van der Waals surface area contributed by atoms with Gasteiger partial charge in [0.2, 0.25) is 0 Å². The minimum Gasteiger partial charge on any atom is -0.494 e. The highest BCUT2D eigenvalue weighted by molar-refractivity contribution is 5.75. The lowest BCUT2D eigenvalue weighted by Crippen LogP contribution is -2.36. The number of carbonyl (C=O) groups is 1. The number of carbonyl (C=O) groups excluding carboxylic acids is 1. The molecule has 0 aromatic heterocycles. The van der Waals surface area contributed by atoms with Crippen LogP contribution in [-0.2, 0) is 9.53 Å². The second kappa shape index (κ2) is 7.79. The average molecular weight is 265 g/mol. The Kier molecular flexibility index (Phi) is 6.36. The van der Waals surface area contributed by atoms with E-state index in [2.05, 4.69) is 25.2 Å². The first kappa shape index (κ1) is 15.5. The highest BCUT2D eigenvalue weighted by atomic mass is 16.5. The fraction of sp³-hybridized carbons (Fsp3) is 0.533. The molecule has 106 valence electrons. The molecule has 1 atom stereocenters. The van der Waals surface area contributed by atoms with E-state index >= 15 is 0 Å². The molecule has 0 heterocycles. The van der Waals surface area contributed by atoms with E-state index < -0.39 is 0 Å². The van der Waals surface area contributed by atoms with Crippen LogP contribution in [0.1, 0.15) is 31.7 Å². The number of rotatable bonds is 7. The Hall–Kier alpha value is -1.55. The molecule has 0 aliphatic heterocycles. The molecule has 1 aromatic carbocycles. The Morgan fingerprint density at radius 2 is 2.11 bits per heavy atom. The summed E-state index contributed by atoms with van der Waals surface area (Å²) in [5.74, 6) is 1.05. The molecule has 0 aliphatic carbocycles. The zero-order valence-electron chi connectivity index (χ0n) is 12.1. The first-order chi connectivity index (χ1) is 9.08. The summed E-state index contributed by atoms with van der Waals surface area (Å²) >= 11 is 0. The molecule has 19 heavy (non-hydrogen) atoms. The smallest absolute Gasteiger partial charge is 0.322 e. The van der Waals surface area contributed by atoms with Crippen LogP contribution in [0.15, 0.2) is 24.3 Å².